The normalized spacial score (nSPS) is 12.7. The summed E-state index contributed by atoms with van der Waals surface area (Å²) < 4.78 is 31.2. The standard InChI is InChI=1S/C28H34FN5O5/c1-16(12-23(35)39-28(2,3)4)24(17-10-8-7-9-11-17)33-27-20(29)15-19(25(30)36)26(34-27)31-18-13-21(37-5)32-22(14-18)38-6/h7-11,13-16,24H,12H2,1-6H3,(H2,30,36)(H2,31,32,33,34)/t16-,24+/m1/s1. The lowest BCUT2D eigenvalue weighted by Crippen LogP contribution is -2.28. The second-order valence-electron chi connectivity index (χ2n) is 9.95. The third-order valence-corrected chi connectivity index (χ3v) is 5.63. The van der Waals surface area contributed by atoms with Crippen LogP contribution in [-0.4, -0.2) is 41.7 Å². The zero-order valence-corrected chi connectivity index (χ0v) is 22.9. The van der Waals surface area contributed by atoms with Crippen molar-refractivity contribution in [3.8, 4) is 11.8 Å². The number of esters is 1. The highest BCUT2D eigenvalue weighted by Gasteiger charge is 2.27. The molecule has 39 heavy (non-hydrogen) atoms. The second kappa shape index (κ2) is 12.4. The van der Waals surface area contributed by atoms with E-state index in [0.717, 1.165) is 11.6 Å². The number of nitrogens with one attached hydrogen (secondary N) is 2. The van der Waals surface area contributed by atoms with Gasteiger partial charge in [-0.25, -0.2) is 9.37 Å². The summed E-state index contributed by atoms with van der Waals surface area (Å²) in [5, 5.41) is 6.10. The van der Waals surface area contributed by atoms with Crippen LogP contribution in [0.1, 0.15) is 56.1 Å². The van der Waals surface area contributed by atoms with E-state index < -0.39 is 23.4 Å². The van der Waals surface area contributed by atoms with Gasteiger partial charge in [0, 0.05) is 12.1 Å². The molecular formula is C28H34FN5O5. The Kier molecular flexibility index (Phi) is 9.29. The van der Waals surface area contributed by atoms with E-state index in [0.29, 0.717) is 5.69 Å². The van der Waals surface area contributed by atoms with Gasteiger partial charge in [0.25, 0.3) is 5.91 Å². The van der Waals surface area contributed by atoms with Gasteiger partial charge in [0.1, 0.15) is 11.4 Å². The minimum Gasteiger partial charge on any atom is -0.481 e. The van der Waals surface area contributed by atoms with E-state index in [-0.39, 0.29) is 47.3 Å². The Balaban J connectivity index is 1.99. The quantitative estimate of drug-likeness (QED) is 0.288. The Morgan fingerprint density at radius 3 is 2.15 bits per heavy atom. The molecule has 0 fully saturated rings. The number of amides is 1. The van der Waals surface area contributed by atoms with E-state index in [1.54, 1.807) is 32.9 Å². The van der Waals surface area contributed by atoms with Crippen molar-refractivity contribution in [2.75, 3.05) is 24.9 Å². The van der Waals surface area contributed by atoms with Crippen LogP contribution in [0.3, 0.4) is 0 Å². The summed E-state index contributed by atoms with van der Waals surface area (Å²) in [4.78, 5) is 33.2. The van der Waals surface area contributed by atoms with E-state index in [1.807, 2.05) is 37.3 Å². The van der Waals surface area contributed by atoms with Gasteiger partial charge in [0.05, 0.1) is 37.9 Å². The van der Waals surface area contributed by atoms with Crippen LogP contribution in [0.4, 0.5) is 21.7 Å². The molecule has 208 valence electrons. The van der Waals surface area contributed by atoms with E-state index in [1.165, 1.54) is 14.2 Å². The molecule has 2 aromatic heterocycles. The summed E-state index contributed by atoms with van der Waals surface area (Å²) in [7, 11) is 2.89. The van der Waals surface area contributed by atoms with Gasteiger partial charge in [-0.2, -0.15) is 4.98 Å². The molecule has 0 radical (unpaired) electrons. The first kappa shape index (κ1) is 29.2. The van der Waals surface area contributed by atoms with Crippen molar-refractivity contribution in [2.45, 2.75) is 45.8 Å². The molecule has 3 rings (SSSR count). The summed E-state index contributed by atoms with van der Waals surface area (Å²) >= 11 is 0. The molecule has 3 aromatic rings. The van der Waals surface area contributed by atoms with Crippen LogP contribution in [0.2, 0.25) is 0 Å². The number of nitrogens with two attached hydrogens (primary N) is 1. The number of primary amides is 1. The zero-order chi connectivity index (χ0) is 28.7. The minimum absolute atomic E-state index is 0.00770. The summed E-state index contributed by atoms with van der Waals surface area (Å²) in [6.45, 7) is 7.25. The third kappa shape index (κ3) is 8.03. The van der Waals surface area contributed by atoms with Gasteiger partial charge in [-0.1, -0.05) is 37.3 Å². The third-order valence-electron chi connectivity index (χ3n) is 5.63. The minimum atomic E-state index is -0.874. The average molecular weight is 540 g/mol. The van der Waals surface area contributed by atoms with Gasteiger partial charge in [0.15, 0.2) is 11.6 Å². The maximum atomic E-state index is 15.3. The van der Waals surface area contributed by atoms with Gasteiger partial charge in [-0.15, -0.1) is 0 Å². The molecule has 0 saturated heterocycles. The number of anilines is 3. The molecule has 0 aliphatic heterocycles. The van der Waals surface area contributed by atoms with Gasteiger partial charge >= 0.3 is 5.97 Å². The van der Waals surface area contributed by atoms with E-state index in [2.05, 4.69) is 20.6 Å². The Hall–Kier alpha value is -4.41. The number of benzene rings is 1. The molecule has 1 amide bonds. The molecule has 0 aliphatic rings. The number of carbonyl (C=O) groups is 2. The van der Waals surface area contributed by atoms with Gasteiger partial charge in [-0.05, 0) is 38.3 Å². The van der Waals surface area contributed by atoms with Crippen LogP contribution in [0.25, 0.3) is 0 Å². The van der Waals surface area contributed by atoms with Crippen molar-refractivity contribution in [2.24, 2.45) is 11.7 Å². The van der Waals surface area contributed by atoms with Crippen molar-refractivity contribution in [3.63, 3.8) is 0 Å². The molecular weight excluding hydrogens is 505 g/mol. The number of hydrogen-bond acceptors (Lipinski definition) is 9. The fourth-order valence-corrected chi connectivity index (χ4v) is 3.90. The van der Waals surface area contributed by atoms with Crippen molar-refractivity contribution in [1.29, 1.82) is 0 Å². The second-order valence-corrected chi connectivity index (χ2v) is 9.95. The van der Waals surface area contributed by atoms with Crippen molar-refractivity contribution < 1.29 is 28.2 Å². The van der Waals surface area contributed by atoms with Crippen molar-refractivity contribution in [3.05, 3.63) is 65.5 Å². The fourth-order valence-electron chi connectivity index (χ4n) is 3.90. The summed E-state index contributed by atoms with van der Waals surface area (Å²) in [5.74, 6) is -1.99. The van der Waals surface area contributed by atoms with E-state index in [9.17, 15) is 9.59 Å². The first-order chi connectivity index (χ1) is 18.4. The molecule has 0 aliphatic carbocycles. The Morgan fingerprint density at radius 1 is 1.00 bits per heavy atom. The maximum absolute atomic E-state index is 15.3. The summed E-state index contributed by atoms with van der Waals surface area (Å²) in [6.07, 6.45) is 0.0759. The van der Waals surface area contributed by atoms with Crippen molar-refractivity contribution >= 4 is 29.2 Å². The predicted octanol–water partition coefficient (Wildman–Crippen LogP) is 5.00. The van der Waals surface area contributed by atoms with Crippen molar-refractivity contribution in [1.82, 2.24) is 9.97 Å². The predicted molar refractivity (Wildman–Crippen MR) is 146 cm³/mol. The van der Waals surface area contributed by atoms with Crippen LogP contribution in [0, 0.1) is 11.7 Å². The van der Waals surface area contributed by atoms with Crippen LogP contribution >= 0.6 is 0 Å². The van der Waals surface area contributed by atoms with Crippen LogP contribution < -0.4 is 25.8 Å². The number of halogens is 1. The molecule has 2 heterocycles. The molecule has 0 unspecified atom stereocenters. The molecule has 11 heteroatoms. The largest absolute Gasteiger partial charge is 0.481 e. The molecule has 4 N–H and O–H groups in total. The molecule has 0 bridgehead atoms. The first-order valence-electron chi connectivity index (χ1n) is 12.3. The van der Waals surface area contributed by atoms with Gasteiger partial charge in [-0.3, -0.25) is 9.59 Å². The number of rotatable bonds is 11. The highest BCUT2D eigenvalue weighted by Crippen LogP contribution is 2.32. The number of carbonyl (C=O) groups excluding carboxylic acids is 2. The first-order valence-corrected chi connectivity index (χ1v) is 12.3. The molecule has 2 atom stereocenters. The average Bonchev–Trinajstić information content (AvgIpc) is 2.87. The molecule has 1 aromatic carbocycles. The number of ether oxygens (including phenoxy) is 3. The number of nitrogens with zero attached hydrogens (tertiary/aromatic N) is 2. The topological polar surface area (TPSA) is 138 Å². The van der Waals surface area contributed by atoms with Crippen LogP contribution in [-0.2, 0) is 9.53 Å². The van der Waals surface area contributed by atoms with Gasteiger partial charge in [0.2, 0.25) is 11.8 Å². The summed E-state index contributed by atoms with van der Waals surface area (Å²) in [5.41, 5.74) is 5.96. The lowest BCUT2D eigenvalue weighted by molar-refractivity contribution is -0.155. The number of hydrogen-bond donors (Lipinski definition) is 3. The SMILES string of the molecule is COc1cc(Nc2nc(N[C@H](c3ccccc3)[C@H](C)CC(=O)OC(C)(C)C)c(F)cc2C(N)=O)cc(OC)n1. The maximum Gasteiger partial charge on any atom is 0.306 e. The van der Waals surface area contributed by atoms with Gasteiger partial charge < -0.3 is 30.6 Å². The lowest BCUT2D eigenvalue weighted by Gasteiger charge is -2.28. The lowest BCUT2D eigenvalue weighted by atomic mass is 9.91. The van der Waals surface area contributed by atoms with Crippen LogP contribution in [0.15, 0.2) is 48.5 Å². The smallest absolute Gasteiger partial charge is 0.306 e. The summed E-state index contributed by atoms with van der Waals surface area (Å²) in [6, 6.07) is 12.9. The molecule has 10 nitrogen and oxygen atoms in total. The highest BCUT2D eigenvalue weighted by atomic mass is 19.1. The Morgan fingerprint density at radius 2 is 1.62 bits per heavy atom. The van der Waals surface area contributed by atoms with E-state index >= 15 is 4.39 Å². The monoisotopic (exact) mass is 539 g/mol. The number of methoxy groups -OCH3 is 2. The Bertz CT molecular complexity index is 1290. The zero-order valence-electron chi connectivity index (χ0n) is 22.9. The fraction of sp³-hybridized carbons (Fsp3) is 0.357. The van der Waals surface area contributed by atoms with Crippen LogP contribution in [0.5, 0.6) is 11.8 Å². The Labute approximate surface area is 227 Å². The number of aromatic nitrogens is 2. The highest BCUT2D eigenvalue weighted by molar-refractivity contribution is 5.98. The molecule has 0 saturated carbocycles. The number of pyridine rings is 2. The van der Waals surface area contributed by atoms with E-state index in [4.69, 9.17) is 19.9 Å². The molecule has 0 spiro atoms.